The topological polar surface area (TPSA) is 115 Å². The Labute approximate surface area is 281 Å². The number of rotatable bonds is 5. The molecule has 0 atom stereocenters. The first-order chi connectivity index (χ1) is 24.1. The molecule has 0 N–H and O–H groups in total. The van der Waals surface area contributed by atoms with E-state index in [1.807, 2.05) is 103 Å². The minimum atomic E-state index is 0.416. The van der Waals surface area contributed by atoms with Gasteiger partial charge in [-0.2, -0.15) is 15.8 Å². The predicted octanol–water partition coefficient (Wildman–Crippen LogP) is 9.25. The van der Waals surface area contributed by atoms with E-state index in [9.17, 15) is 15.8 Å². The summed E-state index contributed by atoms with van der Waals surface area (Å²) in [7, 11) is 0. The van der Waals surface area contributed by atoms with E-state index in [0.29, 0.717) is 39.7 Å². The van der Waals surface area contributed by atoms with Crippen LogP contribution < -0.4 is 0 Å². The van der Waals surface area contributed by atoms with Crippen molar-refractivity contribution in [2.75, 3.05) is 0 Å². The maximum absolute atomic E-state index is 10.5. The van der Waals surface area contributed by atoms with Gasteiger partial charge in [0, 0.05) is 33.2 Å². The average Bonchev–Trinajstić information content (AvgIpc) is 3.51. The highest BCUT2D eigenvalue weighted by molar-refractivity contribution is 6.10. The predicted molar refractivity (Wildman–Crippen MR) is 190 cm³/mol. The Bertz CT molecular complexity index is 2600. The van der Waals surface area contributed by atoms with Gasteiger partial charge in [0.05, 0.1) is 45.9 Å². The maximum atomic E-state index is 10.5. The van der Waals surface area contributed by atoms with Gasteiger partial charge in [-0.05, 0) is 65.7 Å². The highest BCUT2D eigenvalue weighted by Crippen LogP contribution is 2.36. The lowest BCUT2D eigenvalue weighted by molar-refractivity contribution is 1.07. The minimum Gasteiger partial charge on any atom is -0.309 e. The molecular weight excluding hydrogens is 603 g/mol. The smallest absolute Gasteiger partial charge is 0.165 e. The summed E-state index contributed by atoms with van der Waals surface area (Å²) in [6.45, 7) is 0. The Balaban J connectivity index is 1.29. The second-order valence-corrected chi connectivity index (χ2v) is 11.5. The molecule has 0 unspecified atom stereocenters. The first kappa shape index (κ1) is 29.0. The molecule has 0 amide bonds. The van der Waals surface area contributed by atoms with Gasteiger partial charge in [-0.1, -0.05) is 84.9 Å². The molecular formula is C42H23N7. The van der Waals surface area contributed by atoms with E-state index in [4.69, 9.17) is 15.0 Å². The number of hydrogen-bond donors (Lipinski definition) is 0. The molecule has 2 heterocycles. The molecule has 6 aromatic carbocycles. The van der Waals surface area contributed by atoms with Gasteiger partial charge in [-0.3, -0.25) is 0 Å². The summed E-state index contributed by atoms with van der Waals surface area (Å²) in [5.74, 6) is 1.47. The molecule has 0 aliphatic rings. The fourth-order valence-corrected chi connectivity index (χ4v) is 6.24. The highest BCUT2D eigenvalue weighted by Gasteiger charge is 2.18. The van der Waals surface area contributed by atoms with Crippen LogP contribution >= 0.6 is 0 Å². The van der Waals surface area contributed by atoms with Crippen molar-refractivity contribution in [1.82, 2.24) is 19.5 Å². The van der Waals surface area contributed by atoms with Crippen molar-refractivity contribution in [3.63, 3.8) is 0 Å². The van der Waals surface area contributed by atoms with Crippen LogP contribution in [0.1, 0.15) is 16.7 Å². The summed E-state index contributed by atoms with van der Waals surface area (Å²) < 4.78 is 2.14. The molecule has 0 saturated heterocycles. The van der Waals surface area contributed by atoms with Gasteiger partial charge in [0.25, 0.3) is 0 Å². The molecule has 7 nitrogen and oxygen atoms in total. The largest absolute Gasteiger partial charge is 0.309 e. The quantitative estimate of drug-likeness (QED) is 0.188. The lowest BCUT2D eigenvalue weighted by Crippen LogP contribution is -2.02. The Morgan fingerprint density at radius 3 is 1.65 bits per heavy atom. The van der Waals surface area contributed by atoms with Gasteiger partial charge in [-0.25, -0.2) is 15.0 Å². The van der Waals surface area contributed by atoms with E-state index < -0.39 is 0 Å². The molecule has 49 heavy (non-hydrogen) atoms. The molecule has 8 aromatic rings. The Morgan fingerprint density at radius 2 is 1.02 bits per heavy atom. The average molecular weight is 626 g/mol. The van der Waals surface area contributed by atoms with Crippen LogP contribution in [-0.4, -0.2) is 19.5 Å². The van der Waals surface area contributed by atoms with Crippen molar-refractivity contribution < 1.29 is 0 Å². The first-order valence-electron chi connectivity index (χ1n) is 15.5. The van der Waals surface area contributed by atoms with Crippen molar-refractivity contribution >= 4 is 21.8 Å². The van der Waals surface area contributed by atoms with Gasteiger partial charge in [0.15, 0.2) is 17.5 Å². The van der Waals surface area contributed by atoms with Crippen LogP contribution in [0.3, 0.4) is 0 Å². The normalized spacial score (nSPS) is 10.8. The van der Waals surface area contributed by atoms with Crippen LogP contribution in [0.15, 0.2) is 140 Å². The monoisotopic (exact) mass is 625 g/mol. The molecule has 0 spiro atoms. The van der Waals surface area contributed by atoms with Crippen molar-refractivity contribution in [1.29, 1.82) is 15.8 Å². The third kappa shape index (κ3) is 5.22. The van der Waals surface area contributed by atoms with E-state index in [1.54, 1.807) is 18.2 Å². The second kappa shape index (κ2) is 12.1. The molecule has 0 radical (unpaired) electrons. The summed E-state index contributed by atoms with van der Waals surface area (Å²) >= 11 is 0. The molecule has 0 aliphatic heterocycles. The van der Waals surface area contributed by atoms with Gasteiger partial charge in [0.2, 0.25) is 0 Å². The van der Waals surface area contributed by atoms with Gasteiger partial charge in [-0.15, -0.1) is 0 Å². The molecule has 0 bridgehead atoms. The van der Waals surface area contributed by atoms with Crippen LogP contribution in [0.4, 0.5) is 0 Å². The number of nitriles is 3. The summed E-state index contributed by atoms with van der Waals surface area (Å²) in [5.41, 5.74) is 8.07. The number of para-hydroxylation sites is 1. The molecule has 226 valence electrons. The molecule has 7 heteroatoms. The third-order valence-electron chi connectivity index (χ3n) is 8.52. The number of aromatic nitrogens is 4. The van der Waals surface area contributed by atoms with Crippen molar-refractivity contribution in [3.8, 4) is 69.2 Å². The molecule has 2 aromatic heterocycles. The Hall–Kier alpha value is -7.40. The SMILES string of the molecule is N#Cc1cc(C#N)cc(-c2ccc3c(c2)c2ccccc2n3-c2ccc(-c3nc(-c4ccccc4)nc(-c4ccccc4)n3)c(C#N)c2)c1. The maximum Gasteiger partial charge on any atom is 0.165 e. The van der Waals surface area contributed by atoms with E-state index >= 15 is 0 Å². The highest BCUT2D eigenvalue weighted by atomic mass is 15.0. The fourth-order valence-electron chi connectivity index (χ4n) is 6.24. The van der Waals surface area contributed by atoms with Crippen LogP contribution in [0.2, 0.25) is 0 Å². The number of benzene rings is 6. The van der Waals surface area contributed by atoms with E-state index in [-0.39, 0.29) is 0 Å². The van der Waals surface area contributed by atoms with Crippen LogP contribution in [0.25, 0.3) is 72.8 Å². The molecule has 8 rings (SSSR count). The van der Waals surface area contributed by atoms with Crippen LogP contribution in [0.5, 0.6) is 0 Å². The zero-order chi connectivity index (χ0) is 33.3. The van der Waals surface area contributed by atoms with Gasteiger partial charge < -0.3 is 4.57 Å². The van der Waals surface area contributed by atoms with Crippen LogP contribution in [0, 0.1) is 34.0 Å². The number of fused-ring (bicyclic) bond motifs is 3. The van der Waals surface area contributed by atoms with Crippen LogP contribution in [-0.2, 0) is 0 Å². The lowest BCUT2D eigenvalue weighted by Gasteiger charge is -2.12. The summed E-state index contributed by atoms with van der Waals surface area (Å²) in [4.78, 5) is 14.5. The first-order valence-corrected chi connectivity index (χ1v) is 15.5. The fraction of sp³-hybridized carbons (Fsp3) is 0. The second-order valence-electron chi connectivity index (χ2n) is 11.5. The Morgan fingerprint density at radius 1 is 0.429 bits per heavy atom. The lowest BCUT2D eigenvalue weighted by atomic mass is 9.99. The third-order valence-corrected chi connectivity index (χ3v) is 8.52. The van der Waals surface area contributed by atoms with Crippen molar-refractivity contribution in [3.05, 3.63) is 156 Å². The molecule has 0 fully saturated rings. The zero-order valence-corrected chi connectivity index (χ0v) is 25.9. The number of nitrogens with zero attached hydrogens (tertiary/aromatic N) is 7. The minimum absolute atomic E-state index is 0.416. The summed E-state index contributed by atoms with van der Waals surface area (Å²) in [5, 5.41) is 31.6. The summed E-state index contributed by atoms with van der Waals surface area (Å²) in [6.07, 6.45) is 0. The molecule has 0 aliphatic carbocycles. The molecule has 0 saturated carbocycles. The van der Waals surface area contributed by atoms with Gasteiger partial charge in [0.1, 0.15) is 0 Å². The van der Waals surface area contributed by atoms with E-state index in [0.717, 1.165) is 49.7 Å². The zero-order valence-electron chi connectivity index (χ0n) is 25.9. The van der Waals surface area contributed by atoms with E-state index in [2.05, 4.69) is 41.0 Å². The number of hydrogen-bond acceptors (Lipinski definition) is 6. The van der Waals surface area contributed by atoms with Gasteiger partial charge >= 0.3 is 0 Å². The summed E-state index contributed by atoms with van der Waals surface area (Å²) in [6, 6.07) is 51.4. The van der Waals surface area contributed by atoms with Crippen molar-refractivity contribution in [2.24, 2.45) is 0 Å². The Kier molecular flexibility index (Phi) is 7.16. The van der Waals surface area contributed by atoms with Crippen molar-refractivity contribution in [2.45, 2.75) is 0 Å². The standard InChI is InChI=1S/C42H23N7/c43-24-27-19-28(25-44)21-32(20-27)31-15-18-39-37(23-31)36-13-7-8-14-38(36)49(39)34-16-17-35(33(22-34)26-45)42-47-40(29-9-3-1-4-10-29)46-41(48-42)30-11-5-2-6-12-30/h1-23H. The van der Waals surface area contributed by atoms with E-state index in [1.165, 1.54) is 0 Å².